The highest BCUT2D eigenvalue weighted by Crippen LogP contribution is 2.29. The number of aromatic nitrogens is 4. The number of rotatable bonds is 9. The second-order valence-corrected chi connectivity index (χ2v) is 6.89. The fraction of sp³-hybridized carbons (Fsp3) is 0.300. The van der Waals surface area contributed by atoms with Crippen molar-refractivity contribution in [1.82, 2.24) is 31.3 Å². The Morgan fingerprint density at radius 3 is 2.54 bits per heavy atom. The lowest BCUT2D eigenvalue weighted by atomic mass is 9.98. The molecular formula is C20H24N6OS. The van der Waals surface area contributed by atoms with Crippen molar-refractivity contribution in [1.29, 1.82) is 0 Å². The van der Waals surface area contributed by atoms with Crippen molar-refractivity contribution in [2.75, 3.05) is 18.8 Å². The number of thiol groups is 1. The molecule has 3 N–H and O–H groups in total. The van der Waals surface area contributed by atoms with E-state index in [0.29, 0.717) is 24.7 Å². The van der Waals surface area contributed by atoms with Crippen LogP contribution in [0.25, 0.3) is 22.5 Å². The van der Waals surface area contributed by atoms with Gasteiger partial charge in [-0.15, -0.1) is 10.2 Å². The van der Waals surface area contributed by atoms with Crippen LogP contribution in [-0.4, -0.2) is 45.4 Å². The highest BCUT2D eigenvalue weighted by Gasteiger charge is 2.11. The average molecular weight is 397 g/mol. The number of aromatic amines is 1. The fourth-order valence-electron chi connectivity index (χ4n) is 2.77. The van der Waals surface area contributed by atoms with Crippen molar-refractivity contribution in [3.05, 3.63) is 54.1 Å². The van der Waals surface area contributed by atoms with Crippen molar-refractivity contribution >= 4 is 18.5 Å². The van der Waals surface area contributed by atoms with Crippen LogP contribution in [-0.2, 0) is 11.3 Å². The largest absolute Gasteiger partial charge is 0.355 e. The third-order valence-electron chi connectivity index (χ3n) is 4.43. The Balaban J connectivity index is 1.54. The third kappa shape index (κ3) is 5.17. The molecule has 0 radical (unpaired) electrons. The molecule has 3 aromatic rings. The molecule has 1 heterocycles. The lowest BCUT2D eigenvalue weighted by molar-refractivity contribution is -0.123. The summed E-state index contributed by atoms with van der Waals surface area (Å²) in [5.41, 5.74) is 4.27. The van der Waals surface area contributed by atoms with Crippen LogP contribution in [0.3, 0.4) is 0 Å². The van der Waals surface area contributed by atoms with Gasteiger partial charge in [-0.2, -0.15) is 17.8 Å². The molecule has 0 fully saturated rings. The zero-order valence-corrected chi connectivity index (χ0v) is 16.6. The van der Waals surface area contributed by atoms with E-state index in [9.17, 15) is 4.79 Å². The Bertz CT molecular complexity index is 882. The molecule has 7 nitrogen and oxygen atoms in total. The van der Waals surface area contributed by atoms with Crippen molar-refractivity contribution in [2.24, 2.45) is 5.92 Å². The lowest BCUT2D eigenvalue weighted by Crippen LogP contribution is -2.35. The normalized spacial score (nSPS) is 11.9. The number of tetrazole rings is 1. The molecule has 2 aromatic carbocycles. The third-order valence-corrected chi connectivity index (χ3v) is 4.98. The number of carbonyl (C=O) groups is 1. The van der Waals surface area contributed by atoms with Gasteiger partial charge in [-0.25, -0.2) is 0 Å². The summed E-state index contributed by atoms with van der Waals surface area (Å²) in [6.45, 7) is 3.93. The standard InChI is InChI=1S/C20H24N6OS/c1-14(13-28)20(27)22-11-10-21-12-15-6-8-16(9-7-15)17-4-2-3-5-18(17)19-23-25-26-24-19/h2-9,14,21,28H,10-13H2,1H3,(H,22,27)(H,23,24,25,26)/t14-/m1/s1. The molecule has 0 aliphatic rings. The summed E-state index contributed by atoms with van der Waals surface area (Å²) in [5, 5.41) is 20.6. The number of hydrogen-bond acceptors (Lipinski definition) is 6. The van der Waals surface area contributed by atoms with E-state index in [1.165, 1.54) is 5.56 Å². The van der Waals surface area contributed by atoms with Crippen molar-refractivity contribution in [2.45, 2.75) is 13.5 Å². The predicted molar refractivity (Wildman–Crippen MR) is 113 cm³/mol. The predicted octanol–water partition coefficient (Wildman–Crippen LogP) is 2.31. The summed E-state index contributed by atoms with van der Waals surface area (Å²) >= 11 is 4.14. The maximum Gasteiger partial charge on any atom is 0.223 e. The zero-order valence-electron chi connectivity index (χ0n) is 15.7. The number of nitrogens with zero attached hydrogens (tertiary/aromatic N) is 3. The number of nitrogens with one attached hydrogen (secondary N) is 3. The number of hydrogen-bond donors (Lipinski definition) is 4. The summed E-state index contributed by atoms with van der Waals surface area (Å²) in [6, 6.07) is 16.4. The molecular weight excluding hydrogens is 372 g/mol. The second kappa shape index (κ2) is 10.0. The molecule has 3 rings (SSSR count). The minimum atomic E-state index is -0.0637. The van der Waals surface area contributed by atoms with Crippen molar-refractivity contribution in [3.8, 4) is 22.5 Å². The highest BCUT2D eigenvalue weighted by atomic mass is 32.1. The molecule has 0 saturated heterocycles. The van der Waals surface area contributed by atoms with E-state index in [1.807, 2.05) is 31.2 Å². The Morgan fingerprint density at radius 1 is 1.11 bits per heavy atom. The summed E-state index contributed by atoms with van der Waals surface area (Å²) in [5.74, 6) is 1.12. The first-order chi connectivity index (χ1) is 13.7. The molecule has 0 bridgehead atoms. The van der Waals surface area contributed by atoms with Gasteiger partial charge in [-0.3, -0.25) is 4.79 Å². The maximum atomic E-state index is 11.7. The number of carbonyl (C=O) groups excluding carboxylic acids is 1. The van der Waals surface area contributed by atoms with Gasteiger partial charge in [0.05, 0.1) is 0 Å². The van der Waals surface area contributed by atoms with Gasteiger partial charge in [0, 0.05) is 36.9 Å². The summed E-state index contributed by atoms with van der Waals surface area (Å²) in [4.78, 5) is 11.7. The minimum absolute atomic E-state index is 0.0430. The molecule has 0 aliphatic heterocycles. The average Bonchev–Trinajstić information content (AvgIpc) is 3.28. The van der Waals surface area contributed by atoms with E-state index in [4.69, 9.17) is 0 Å². The van der Waals surface area contributed by atoms with Crippen LogP contribution in [0.1, 0.15) is 12.5 Å². The Kier molecular flexibility index (Phi) is 7.16. The van der Waals surface area contributed by atoms with Gasteiger partial charge in [-0.05, 0) is 21.9 Å². The van der Waals surface area contributed by atoms with Gasteiger partial charge in [0.1, 0.15) is 0 Å². The maximum absolute atomic E-state index is 11.7. The molecule has 0 saturated carbocycles. The van der Waals surface area contributed by atoms with Crippen molar-refractivity contribution in [3.63, 3.8) is 0 Å². The molecule has 28 heavy (non-hydrogen) atoms. The highest BCUT2D eigenvalue weighted by molar-refractivity contribution is 7.80. The Labute approximate surface area is 169 Å². The minimum Gasteiger partial charge on any atom is -0.355 e. The first kappa shape index (κ1) is 20.0. The van der Waals surface area contributed by atoms with E-state index < -0.39 is 0 Å². The fourth-order valence-corrected chi connectivity index (χ4v) is 2.94. The first-order valence-electron chi connectivity index (χ1n) is 9.20. The van der Waals surface area contributed by atoms with Gasteiger partial charge < -0.3 is 10.6 Å². The SMILES string of the molecule is C[C@H](CS)C(=O)NCCNCc1ccc(-c2ccccc2-c2nn[nH]n2)cc1. The summed E-state index contributed by atoms with van der Waals surface area (Å²) < 4.78 is 0. The van der Waals surface area contributed by atoms with E-state index in [1.54, 1.807) is 0 Å². The summed E-state index contributed by atoms with van der Waals surface area (Å²) in [7, 11) is 0. The molecule has 1 atom stereocenters. The van der Waals surface area contributed by atoms with E-state index in [-0.39, 0.29) is 11.8 Å². The number of amides is 1. The topological polar surface area (TPSA) is 95.6 Å². The Hall–Kier alpha value is -2.71. The van der Waals surface area contributed by atoms with Crippen LogP contribution >= 0.6 is 12.6 Å². The van der Waals surface area contributed by atoms with Crippen molar-refractivity contribution < 1.29 is 4.79 Å². The van der Waals surface area contributed by atoms with Crippen LogP contribution in [0.15, 0.2) is 48.5 Å². The monoisotopic (exact) mass is 396 g/mol. The van der Waals surface area contributed by atoms with Gasteiger partial charge in [0.2, 0.25) is 11.7 Å². The molecule has 1 aromatic heterocycles. The van der Waals surface area contributed by atoms with E-state index >= 15 is 0 Å². The Morgan fingerprint density at radius 2 is 1.86 bits per heavy atom. The van der Waals surface area contributed by atoms with Gasteiger partial charge in [0.15, 0.2) is 0 Å². The van der Waals surface area contributed by atoms with Crippen LogP contribution in [0, 0.1) is 5.92 Å². The molecule has 0 aliphatic carbocycles. The van der Waals surface area contributed by atoms with Crippen LogP contribution in [0.4, 0.5) is 0 Å². The van der Waals surface area contributed by atoms with Crippen LogP contribution in [0.5, 0.6) is 0 Å². The molecule has 146 valence electrons. The number of benzene rings is 2. The second-order valence-electron chi connectivity index (χ2n) is 6.53. The molecule has 0 spiro atoms. The van der Waals surface area contributed by atoms with Crippen LogP contribution < -0.4 is 10.6 Å². The number of H-pyrrole nitrogens is 1. The molecule has 1 amide bonds. The quantitative estimate of drug-likeness (QED) is 0.329. The smallest absolute Gasteiger partial charge is 0.223 e. The summed E-state index contributed by atoms with van der Waals surface area (Å²) in [6.07, 6.45) is 0. The van der Waals surface area contributed by atoms with E-state index in [2.05, 4.69) is 68.2 Å². The van der Waals surface area contributed by atoms with E-state index in [0.717, 1.165) is 23.2 Å². The zero-order chi connectivity index (χ0) is 19.8. The lowest BCUT2D eigenvalue weighted by Gasteiger charge is -2.11. The van der Waals surface area contributed by atoms with Gasteiger partial charge >= 0.3 is 0 Å². The van der Waals surface area contributed by atoms with Gasteiger partial charge in [-0.1, -0.05) is 55.5 Å². The van der Waals surface area contributed by atoms with Crippen LogP contribution in [0.2, 0.25) is 0 Å². The molecule has 8 heteroatoms. The van der Waals surface area contributed by atoms with Gasteiger partial charge in [0.25, 0.3) is 0 Å². The first-order valence-corrected chi connectivity index (χ1v) is 9.83. The molecule has 0 unspecified atom stereocenters.